The molecule has 0 radical (unpaired) electrons. The third-order valence-electron chi connectivity index (χ3n) is 3.19. The van der Waals surface area contributed by atoms with Crippen molar-refractivity contribution < 1.29 is 9.35 Å². The Morgan fingerprint density at radius 1 is 1.14 bits per heavy atom. The third-order valence-corrected chi connectivity index (χ3v) is 4.55. The highest BCUT2D eigenvalue weighted by atomic mass is 32.2. The molecule has 0 aliphatic heterocycles. The van der Waals surface area contributed by atoms with Crippen LogP contribution in [0.25, 0.3) is 0 Å². The minimum absolute atomic E-state index is 0.115. The molecule has 1 N–H and O–H groups in total. The molecular weight excluding hydrogens is 294 g/mol. The highest BCUT2D eigenvalue weighted by Crippen LogP contribution is 2.20. The maximum atomic E-state index is 12.6. The molecule has 0 amide bonds. The fourth-order valence-corrected chi connectivity index (χ4v) is 3.52. The summed E-state index contributed by atoms with van der Waals surface area (Å²) >= 11 is -1.07. The number of hydrogen-bond acceptors (Lipinski definition) is 3. The van der Waals surface area contributed by atoms with Crippen LogP contribution in [0.2, 0.25) is 0 Å². The summed E-state index contributed by atoms with van der Waals surface area (Å²) in [6.45, 7) is 11.8. The lowest BCUT2D eigenvalue weighted by Crippen LogP contribution is -2.53. The molecule has 4 heteroatoms. The summed E-state index contributed by atoms with van der Waals surface area (Å²) in [5.74, 6) is 0.951. The van der Waals surface area contributed by atoms with Gasteiger partial charge in [-0.1, -0.05) is 51.1 Å². The van der Waals surface area contributed by atoms with Gasteiger partial charge in [-0.25, -0.2) is 0 Å². The minimum Gasteiger partial charge on any atom is -0.616 e. The van der Waals surface area contributed by atoms with E-state index >= 15 is 0 Å². The fourth-order valence-electron chi connectivity index (χ4n) is 2.23. The monoisotopic (exact) mass is 323 g/mol. The van der Waals surface area contributed by atoms with E-state index in [0.29, 0.717) is 11.5 Å². The molecule has 0 heterocycles. The van der Waals surface area contributed by atoms with Crippen molar-refractivity contribution in [1.29, 1.82) is 0 Å². The summed E-state index contributed by atoms with van der Waals surface area (Å²) in [5, 5.41) is 3.34. The van der Waals surface area contributed by atoms with Crippen LogP contribution in [-0.4, -0.2) is 27.7 Å². The van der Waals surface area contributed by atoms with Gasteiger partial charge in [-0.2, -0.15) is 0 Å². The van der Waals surface area contributed by atoms with Gasteiger partial charge in [0, 0.05) is 16.5 Å². The van der Waals surface area contributed by atoms with Crippen molar-refractivity contribution in [3.8, 4) is 0 Å². The standard InChI is InChI=1S/C18H29NO2S/c1-17(2,3)16(20)15(19-18(4,5)6)13-22(21)12-14-10-8-7-9-11-14/h7-11,15,19H,12-13H2,1-6H3. The molecule has 0 fully saturated rings. The van der Waals surface area contributed by atoms with Crippen LogP contribution in [0.15, 0.2) is 30.3 Å². The molecule has 1 rings (SSSR count). The summed E-state index contributed by atoms with van der Waals surface area (Å²) in [6, 6.07) is 9.38. The average molecular weight is 324 g/mol. The van der Waals surface area contributed by atoms with Crippen molar-refractivity contribution in [1.82, 2.24) is 5.32 Å². The van der Waals surface area contributed by atoms with Gasteiger partial charge < -0.3 is 4.55 Å². The van der Waals surface area contributed by atoms with Gasteiger partial charge in [0.05, 0.1) is 0 Å². The van der Waals surface area contributed by atoms with Gasteiger partial charge in [-0.15, -0.1) is 0 Å². The minimum atomic E-state index is -1.07. The topological polar surface area (TPSA) is 52.2 Å². The number of rotatable bonds is 6. The fraction of sp³-hybridized carbons (Fsp3) is 0.611. The van der Waals surface area contributed by atoms with E-state index in [2.05, 4.69) is 5.32 Å². The van der Waals surface area contributed by atoms with E-state index in [1.54, 1.807) is 0 Å². The van der Waals surface area contributed by atoms with Gasteiger partial charge in [0.15, 0.2) is 5.78 Å². The number of Topliss-reactive ketones (excluding diaryl/α,β-unsaturated/α-hetero) is 1. The Kier molecular flexibility index (Phi) is 6.65. The van der Waals surface area contributed by atoms with Crippen LogP contribution < -0.4 is 5.32 Å². The van der Waals surface area contributed by atoms with Gasteiger partial charge in [-0.3, -0.25) is 10.1 Å². The number of carbonyl (C=O) groups excluding carboxylic acids is 1. The Balaban J connectivity index is 2.77. The van der Waals surface area contributed by atoms with E-state index in [0.717, 1.165) is 5.56 Å². The quantitative estimate of drug-likeness (QED) is 0.817. The second-order valence-electron chi connectivity index (χ2n) is 7.80. The van der Waals surface area contributed by atoms with Gasteiger partial charge in [0.2, 0.25) is 0 Å². The highest BCUT2D eigenvalue weighted by molar-refractivity contribution is 7.90. The van der Waals surface area contributed by atoms with E-state index < -0.39 is 16.6 Å². The Morgan fingerprint density at radius 2 is 1.68 bits per heavy atom. The summed E-state index contributed by atoms with van der Waals surface area (Å²) in [4.78, 5) is 12.6. The van der Waals surface area contributed by atoms with E-state index in [4.69, 9.17) is 0 Å². The van der Waals surface area contributed by atoms with Crippen molar-refractivity contribution in [2.45, 2.75) is 58.9 Å². The van der Waals surface area contributed by atoms with Crippen molar-refractivity contribution >= 4 is 17.0 Å². The van der Waals surface area contributed by atoms with Gasteiger partial charge in [0.25, 0.3) is 0 Å². The Labute approximate surface area is 138 Å². The Morgan fingerprint density at radius 3 is 2.14 bits per heavy atom. The van der Waals surface area contributed by atoms with Crippen molar-refractivity contribution in [2.75, 3.05) is 5.75 Å². The van der Waals surface area contributed by atoms with Crippen molar-refractivity contribution in [3.63, 3.8) is 0 Å². The lowest BCUT2D eigenvalue weighted by Gasteiger charge is -2.31. The summed E-state index contributed by atoms with van der Waals surface area (Å²) in [5.41, 5.74) is 0.404. The molecule has 0 bridgehead atoms. The Bertz CT molecular complexity index is 474. The zero-order valence-electron chi connectivity index (χ0n) is 14.6. The van der Waals surface area contributed by atoms with Crippen LogP contribution in [-0.2, 0) is 21.7 Å². The first-order valence-electron chi connectivity index (χ1n) is 7.70. The first kappa shape index (κ1) is 19.2. The van der Waals surface area contributed by atoms with Crippen LogP contribution >= 0.6 is 0 Å². The van der Waals surface area contributed by atoms with E-state index in [9.17, 15) is 9.35 Å². The second-order valence-corrected chi connectivity index (χ2v) is 9.30. The number of ketones is 1. The molecular formula is C18H29NO2S. The molecule has 0 aromatic heterocycles. The normalized spacial score (nSPS) is 15.4. The summed E-state index contributed by atoms with van der Waals surface area (Å²) < 4.78 is 12.5. The lowest BCUT2D eigenvalue weighted by atomic mass is 9.86. The average Bonchev–Trinajstić information content (AvgIpc) is 2.35. The lowest BCUT2D eigenvalue weighted by molar-refractivity contribution is -0.128. The van der Waals surface area contributed by atoms with Crippen LogP contribution in [0.1, 0.15) is 47.1 Å². The van der Waals surface area contributed by atoms with Crippen molar-refractivity contribution in [3.05, 3.63) is 35.9 Å². The maximum Gasteiger partial charge on any atom is 0.159 e. The molecule has 0 spiro atoms. The molecule has 2 unspecified atom stereocenters. The molecule has 0 aliphatic rings. The molecule has 0 saturated heterocycles. The molecule has 124 valence electrons. The first-order chi connectivity index (χ1) is 9.99. The van der Waals surface area contributed by atoms with E-state index in [-0.39, 0.29) is 17.4 Å². The van der Waals surface area contributed by atoms with Gasteiger partial charge >= 0.3 is 0 Å². The molecule has 3 nitrogen and oxygen atoms in total. The Hall–Kier alpha value is -0.840. The predicted octanol–water partition coefficient (Wildman–Crippen LogP) is 3.31. The molecule has 0 aliphatic carbocycles. The second kappa shape index (κ2) is 7.62. The molecule has 1 aromatic carbocycles. The highest BCUT2D eigenvalue weighted by Gasteiger charge is 2.34. The van der Waals surface area contributed by atoms with Gasteiger partial charge in [-0.05, 0) is 31.9 Å². The third kappa shape index (κ3) is 6.95. The van der Waals surface area contributed by atoms with Crippen molar-refractivity contribution in [2.24, 2.45) is 5.41 Å². The molecule has 1 aromatic rings. The first-order valence-corrected chi connectivity index (χ1v) is 9.19. The van der Waals surface area contributed by atoms with Gasteiger partial charge in [0.1, 0.15) is 17.5 Å². The summed E-state index contributed by atoms with van der Waals surface area (Å²) in [7, 11) is 0. The SMILES string of the molecule is CC(C)(C)NC(C[S+]([O-])Cc1ccccc1)C(=O)C(C)(C)C. The van der Waals surface area contributed by atoms with E-state index in [1.807, 2.05) is 71.9 Å². The van der Waals surface area contributed by atoms with E-state index in [1.165, 1.54) is 0 Å². The molecule has 22 heavy (non-hydrogen) atoms. The molecule has 2 atom stereocenters. The zero-order valence-corrected chi connectivity index (χ0v) is 15.4. The van der Waals surface area contributed by atoms with Crippen LogP contribution in [0.5, 0.6) is 0 Å². The number of benzene rings is 1. The number of carbonyl (C=O) groups is 1. The predicted molar refractivity (Wildman–Crippen MR) is 94.3 cm³/mol. The number of hydrogen-bond donors (Lipinski definition) is 1. The van der Waals surface area contributed by atoms with Crippen LogP contribution in [0, 0.1) is 5.41 Å². The summed E-state index contributed by atoms with van der Waals surface area (Å²) in [6.07, 6.45) is 0. The number of nitrogens with one attached hydrogen (secondary N) is 1. The van der Waals surface area contributed by atoms with Crippen LogP contribution in [0.4, 0.5) is 0 Å². The molecule has 0 saturated carbocycles. The smallest absolute Gasteiger partial charge is 0.159 e. The zero-order chi connectivity index (χ0) is 17.0. The largest absolute Gasteiger partial charge is 0.616 e. The maximum absolute atomic E-state index is 12.6. The van der Waals surface area contributed by atoms with Crippen LogP contribution in [0.3, 0.4) is 0 Å².